The van der Waals surface area contributed by atoms with Gasteiger partial charge in [0.2, 0.25) is 0 Å². The molecule has 0 bridgehead atoms. The van der Waals surface area contributed by atoms with Gasteiger partial charge in [-0.1, -0.05) is 24.6 Å². The largest absolute Gasteiger partial charge is 0.490 e. The van der Waals surface area contributed by atoms with Crippen LogP contribution in [0.15, 0.2) is 40.8 Å². The predicted octanol–water partition coefficient (Wildman–Crippen LogP) is 5.35. The highest BCUT2D eigenvalue weighted by molar-refractivity contribution is 7.12. The van der Waals surface area contributed by atoms with Crippen molar-refractivity contribution in [2.75, 3.05) is 6.61 Å². The molecule has 0 saturated heterocycles. The third-order valence-electron chi connectivity index (χ3n) is 5.73. The van der Waals surface area contributed by atoms with Crippen LogP contribution in [0, 0.1) is 0 Å². The average molecular weight is 369 g/mol. The number of benzene rings is 1. The van der Waals surface area contributed by atoms with Crippen molar-refractivity contribution in [2.45, 2.75) is 57.2 Å². The lowest BCUT2D eigenvalue weighted by Crippen LogP contribution is -2.54. The van der Waals surface area contributed by atoms with E-state index >= 15 is 0 Å². The molecule has 3 heterocycles. The van der Waals surface area contributed by atoms with Gasteiger partial charge in [0.05, 0.1) is 23.2 Å². The maximum atomic E-state index is 6.72. The number of hydrazone groups is 1. The number of thiophene rings is 1. The molecule has 26 heavy (non-hydrogen) atoms. The predicted molar refractivity (Wildman–Crippen MR) is 104 cm³/mol. The molecule has 136 valence electrons. The van der Waals surface area contributed by atoms with Crippen LogP contribution < -0.4 is 9.47 Å². The minimum Gasteiger partial charge on any atom is -0.490 e. The summed E-state index contributed by atoms with van der Waals surface area (Å²) in [7, 11) is 0. The highest BCUT2D eigenvalue weighted by atomic mass is 32.1. The molecule has 4 nitrogen and oxygen atoms in total. The van der Waals surface area contributed by atoms with Crippen molar-refractivity contribution in [2.24, 2.45) is 5.10 Å². The maximum Gasteiger partial charge on any atom is 0.198 e. The summed E-state index contributed by atoms with van der Waals surface area (Å²) in [6.07, 6.45) is 6.67. The molecule has 3 aliphatic rings. The van der Waals surface area contributed by atoms with E-state index in [4.69, 9.17) is 14.6 Å². The standard InChI is InChI=1S/C21H24N2O2S/c1-2-24-18-9-6-8-15-17-14-16(19-10-7-13-26-19)22-23(17)21(25-20(15)18)11-4-3-5-12-21/h6-10,13,17H,2-5,11-12,14H2,1H3/t17-/m0/s1. The van der Waals surface area contributed by atoms with E-state index in [0.29, 0.717) is 6.61 Å². The second-order valence-electron chi connectivity index (χ2n) is 7.30. The summed E-state index contributed by atoms with van der Waals surface area (Å²) in [6.45, 7) is 2.68. The van der Waals surface area contributed by atoms with E-state index in [9.17, 15) is 0 Å². The van der Waals surface area contributed by atoms with Gasteiger partial charge in [-0.15, -0.1) is 11.3 Å². The summed E-state index contributed by atoms with van der Waals surface area (Å²) in [4.78, 5) is 1.27. The Morgan fingerprint density at radius 2 is 2.12 bits per heavy atom. The molecule has 1 aromatic heterocycles. The summed E-state index contributed by atoms with van der Waals surface area (Å²) in [5.41, 5.74) is 2.08. The Kier molecular flexibility index (Phi) is 3.92. The SMILES string of the molecule is CCOc1cccc2c1OC1(CCCCC1)N1N=C(c3cccs3)C[C@@H]21. The van der Waals surface area contributed by atoms with Crippen LogP contribution in [0.1, 0.15) is 61.9 Å². The van der Waals surface area contributed by atoms with Gasteiger partial charge >= 0.3 is 0 Å². The number of hydrogen-bond donors (Lipinski definition) is 0. The van der Waals surface area contributed by atoms with Crippen molar-refractivity contribution in [3.05, 3.63) is 46.2 Å². The van der Waals surface area contributed by atoms with E-state index in [0.717, 1.165) is 30.8 Å². The van der Waals surface area contributed by atoms with Gasteiger partial charge in [0.1, 0.15) is 0 Å². The van der Waals surface area contributed by atoms with Gasteiger partial charge in [-0.05, 0) is 37.3 Å². The van der Waals surface area contributed by atoms with Crippen LogP contribution in [0.2, 0.25) is 0 Å². The minimum atomic E-state index is -0.317. The number of para-hydroxylation sites is 1. The summed E-state index contributed by atoms with van der Waals surface area (Å²) >= 11 is 1.77. The first kappa shape index (κ1) is 16.2. The molecule has 5 heteroatoms. The van der Waals surface area contributed by atoms with Crippen molar-refractivity contribution < 1.29 is 9.47 Å². The van der Waals surface area contributed by atoms with Gasteiger partial charge in [0.15, 0.2) is 17.2 Å². The lowest BCUT2D eigenvalue weighted by molar-refractivity contribution is -0.141. The molecule has 0 unspecified atom stereocenters. The number of hydrogen-bond acceptors (Lipinski definition) is 5. The number of fused-ring (bicyclic) bond motifs is 4. The van der Waals surface area contributed by atoms with E-state index in [1.54, 1.807) is 11.3 Å². The Morgan fingerprint density at radius 1 is 1.23 bits per heavy atom. The van der Waals surface area contributed by atoms with E-state index in [2.05, 4.69) is 34.7 Å². The number of rotatable bonds is 3. The molecule has 0 radical (unpaired) electrons. The Labute approximate surface area is 158 Å². The fourth-order valence-electron chi connectivity index (χ4n) is 4.57. The molecule has 2 aromatic rings. The first-order valence-corrected chi connectivity index (χ1v) is 10.5. The number of ether oxygens (including phenoxy) is 2. The molecule has 1 atom stereocenters. The zero-order valence-electron chi connectivity index (χ0n) is 15.1. The molecule has 0 N–H and O–H groups in total. The highest BCUT2D eigenvalue weighted by Gasteiger charge is 2.51. The summed E-state index contributed by atoms with van der Waals surface area (Å²) in [5.74, 6) is 1.82. The lowest BCUT2D eigenvalue weighted by Gasteiger charge is -2.49. The van der Waals surface area contributed by atoms with Crippen LogP contribution in [-0.4, -0.2) is 23.1 Å². The van der Waals surface area contributed by atoms with E-state index in [1.807, 2.05) is 13.0 Å². The van der Waals surface area contributed by atoms with Gasteiger partial charge in [-0.2, -0.15) is 5.10 Å². The molecule has 1 aliphatic carbocycles. The van der Waals surface area contributed by atoms with Crippen molar-refractivity contribution in [3.8, 4) is 11.5 Å². The second-order valence-corrected chi connectivity index (χ2v) is 8.25. The molecule has 1 saturated carbocycles. The minimum absolute atomic E-state index is 0.245. The first-order chi connectivity index (χ1) is 12.8. The third kappa shape index (κ3) is 2.44. The van der Waals surface area contributed by atoms with Crippen molar-refractivity contribution in [1.82, 2.24) is 5.01 Å². The summed E-state index contributed by atoms with van der Waals surface area (Å²) in [5, 5.41) is 9.52. The van der Waals surface area contributed by atoms with E-state index in [-0.39, 0.29) is 11.8 Å². The number of nitrogens with zero attached hydrogens (tertiary/aromatic N) is 2. The molecule has 2 aliphatic heterocycles. The molecule has 0 amide bonds. The van der Waals surface area contributed by atoms with Gasteiger partial charge in [0, 0.05) is 24.8 Å². The van der Waals surface area contributed by atoms with Crippen molar-refractivity contribution >= 4 is 17.0 Å². The fourth-order valence-corrected chi connectivity index (χ4v) is 5.29. The Morgan fingerprint density at radius 3 is 2.88 bits per heavy atom. The van der Waals surface area contributed by atoms with Gasteiger partial charge in [-0.25, -0.2) is 5.01 Å². The second kappa shape index (κ2) is 6.31. The van der Waals surface area contributed by atoms with Gasteiger partial charge < -0.3 is 9.47 Å². The van der Waals surface area contributed by atoms with E-state index < -0.39 is 0 Å². The monoisotopic (exact) mass is 368 g/mol. The lowest BCUT2D eigenvalue weighted by atomic mass is 9.87. The van der Waals surface area contributed by atoms with Crippen LogP contribution in [0.4, 0.5) is 0 Å². The molecular formula is C21H24N2O2S. The Hall–Kier alpha value is -2.01. The molecule has 1 fully saturated rings. The van der Waals surface area contributed by atoms with Gasteiger partial charge in [0.25, 0.3) is 0 Å². The summed E-state index contributed by atoms with van der Waals surface area (Å²) < 4.78 is 12.6. The molecule has 1 spiro atoms. The topological polar surface area (TPSA) is 34.1 Å². The highest BCUT2D eigenvalue weighted by Crippen LogP contribution is 2.53. The Balaban J connectivity index is 1.61. The molecule has 1 aromatic carbocycles. The fraction of sp³-hybridized carbons (Fsp3) is 0.476. The summed E-state index contributed by atoms with van der Waals surface area (Å²) in [6, 6.07) is 10.8. The zero-order valence-corrected chi connectivity index (χ0v) is 15.9. The zero-order chi connectivity index (χ0) is 17.6. The molecule has 5 rings (SSSR count). The van der Waals surface area contributed by atoms with Crippen molar-refractivity contribution in [1.29, 1.82) is 0 Å². The van der Waals surface area contributed by atoms with Crippen molar-refractivity contribution in [3.63, 3.8) is 0 Å². The van der Waals surface area contributed by atoms with Gasteiger partial charge in [-0.3, -0.25) is 0 Å². The van der Waals surface area contributed by atoms with Crippen LogP contribution >= 0.6 is 11.3 Å². The van der Waals surface area contributed by atoms with Crippen LogP contribution in [0.5, 0.6) is 11.5 Å². The smallest absolute Gasteiger partial charge is 0.198 e. The average Bonchev–Trinajstić information content (AvgIpc) is 3.34. The quantitative estimate of drug-likeness (QED) is 0.732. The molecular weight excluding hydrogens is 344 g/mol. The van der Waals surface area contributed by atoms with Crippen LogP contribution in [0.3, 0.4) is 0 Å². The maximum absolute atomic E-state index is 6.72. The third-order valence-corrected chi connectivity index (χ3v) is 6.65. The normalized spacial score (nSPS) is 23.2. The van der Waals surface area contributed by atoms with E-state index in [1.165, 1.54) is 35.4 Å². The first-order valence-electron chi connectivity index (χ1n) is 9.66. The van der Waals surface area contributed by atoms with Crippen LogP contribution in [0.25, 0.3) is 0 Å². The Bertz CT molecular complexity index is 825. The van der Waals surface area contributed by atoms with Crippen LogP contribution in [-0.2, 0) is 0 Å².